The molecule has 2 heterocycles. The normalized spacial score (nSPS) is 16.4. The molecule has 104 valence electrons. The van der Waals surface area contributed by atoms with Crippen LogP contribution in [0.4, 0.5) is 5.69 Å². The number of hydrogen-bond donors (Lipinski definition) is 1. The van der Waals surface area contributed by atoms with Crippen molar-refractivity contribution in [2.75, 3.05) is 45.6 Å². The molecule has 1 N–H and O–H groups in total. The third-order valence-corrected chi connectivity index (χ3v) is 3.30. The molecule has 0 radical (unpaired) electrons. The number of anilines is 1. The highest BCUT2D eigenvalue weighted by molar-refractivity contribution is 5.76. The summed E-state index contributed by atoms with van der Waals surface area (Å²) in [7, 11) is 3.75. The van der Waals surface area contributed by atoms with Crippen LogP contribution in [0.5, 0.6) is 0 Å². The zero-order valence-corrected chi connectivity index (χ0v) is 11.3. The Hall–Kier alpha value is -1.89. The van der Waals surface area contributed by atoms with Crippen LogP contribution < -0.4 is 10.9 Å². The lowest BCUT2D eigenvalue weighted by molar-refractivity contribution is -0.133. The largest absolute Gasteiger partial charge is 0.387 e. The maximum absolute atomic E-state index is 12.1. The summed E-state index contributed by atoms with van der Waals surface area (Å²) in [6.07, 6.45) is 1.54. The van der Waals surface area contributed by atoms with Crippen LogP contribution in [-0.4, -0.2) is 65.8 Å². The highest BCUT2D eigenvalue weighted by atomic mass is 16.2. The average molecular weight is 265 g/mol. The van der Waals surface area contributed by atoms with E-state index in [9.17, 15) is 9.59 Å². The van der Waals surface area contributed by atoms with E-state index in [1.54, 1.807) is 18.1 Å². The number of hydrogen-bond acceptors (Lipinski definition) is 5. The summed E-state index contributed by atoms with van der Waals surface area (Å²) in [6, 6.07) is 1.43. The predicted molar refractivity (Wildman–Crippen MR) is 72.1 cm³/mol. The summed E-state index contributed by atoms with van der Waals surface area (Å²) >= 11 is 0. The molecule has 0 atom stereocenters. The number of piperazine rings is 1. The Morgan fingerprint density at radius 2 is 2.05 bits per heavy atom. The van der Waals surface area contributed by atoms with Crippen molar-refractivity contribution in [3.63, 3.8) is 0 Å². The molecule has 7 heteroatoms. The molecular formula is C12H19N5O2. The van der Waals surface area contributed by atoms with Crippen LogP contribution >= 0.6 is 0 Å². The SMILES string of the molecule is CNc1cnn(CC(=O)N2CCN(C)CC2)c(=O)c1. The standard InChI is InChI=1S/C12H19N5O2/c1-13-10-7-11(18)17(14-8-10)9-12(19)16-5-3-15(2)4-6-16/h7-8,13H,3-6,9H2,1-2H3. The van der Waals surface area contributed by atoms with E-state index in [0.29, 0.717) is 18.8 Å². The van der Waals surface area contributed by atoms with Crippen molar-refractivity contribution in [3.05, 3.63) is 22.6 Å². The van der Waals surface area contributed by atoms with Gasteiger partial charge >= 0.3 is 0 Å². The highest BCUT2D eigenvalue weighted by Crippen LogP contribution is 2.01. The first kappa shape index (κ1) is 13.5. The molecule has 1 fully saturated rings. The molecular weight excluding hydrogens is 246 g/mol. The molecule has 1 aromatic rings. The number of likely N-dealkylation sites (N-methyl/N-ethyl adjacent to an activating group) is 1. The Labute approximate surface area is 111 Å². The molecule has 1 aliphatic rings. The van der Waals surface area contributed by atoms with Crippen molar-refractivity contribution < 1.29 is 4.79 Å². The topological polar surface area (TPSA) is 70.5 Å². The van der Waals surface area contributed by atoms with Crippen LogP contribution in [0.15, 0.2) is 17.1 Å². The second kappa shape index (κ2) is 5.83. The smallest absolute Gasteiger partial charge is 0.269 e. The van der Waals surface area contributed by atoms with Crippen molar-refractivity contribution >= 4 is 11.6 Å². The Kier molecular flexibility index (Phi) is 4.16. The van der Waals surface area contributed by atoms with Gasteiger partial charge in [0, 0.05) is 39.3 Å². The van der Waals surface area contributed by atoms with Crippen molar-refractivity contribution in [3.8, 4) is 0 Å². The molecule has 1 aliphatic heterocycles. The molecule has 7 nitrogen and oxygen atoms in total. The number of rotatable bonds is 3. The Balaban J connectivity index is 2.01. The molecule has 0 saturated carbocycles. The van der Waals surface area contributed by atoms with Crippen LogP contribution in [0.3, 0.4) is 0 Å². The molecule has 2 rings (SSSR count). The predicted octanol–water partition coefficient (Wildman–Crippen LogP) is -0.941. The van der Waals surface area contributed by atoms with E-state index >= 15 is 0 Å². The maximum atomic E-state index is 12.1. The second-order valence-electron chi connectivity index (χ2n) is 4.67. The first-order valence-electron chi connectivity index (χ1n) is 6.31. The molecule has 0 spiro atoms. The molecule has 19 heavy (non-hydrogen) atoms. The van der Waals surface area contributed by atoms with Gasteiger partial charge in [0.25, 0.3) is 5.56 Å². The number of carbonyl (C=O) groups excluding carboxylic acids is 1. The van der Waals surface area contributed by atoms with Crippen molar-refractivity contribution in [2.24, 2.45) is 0 Å². The van der Waals surface area contributed by atoms with Crippen LogP contribution in [0.2, 0.25) is 0 Å². The van der Waals surface area contributed by atoms with E-state index in [4.69, 9.17) is 0 Å². The van der Waals surface area contributed by atoms with E-state index < -0.39 is 0 Å². The minimum absolute atomic E-state index is 0.00649. The molecule has 0 bridgehead atoms. The Bertz CT molecular complexity index is 505. The third-order valence-electron chi connectivity index (χ3n) is 3.30. The lowest BCUT2D eigenvalue weighted by Gasteiger charge is -2.32. The minimum atomic E-state index is -0.269. The third kappa shape index (κ3) is 3.31. The van der Waals surface area contributed by atoms with Gasteiger partial charge in [0.05, 0.1) is 11.9 Å². The summed E-state index contributed by atoms with van der Waals surface area (Å²) in [5.74, 6) is -0.0556. The number of amides is 1. The fourth-order valence-electron chi connectivity index (χ4n) is 1.97. The van der Waals surface area contributed by atoms with Crippen molar-refractivity contribution in [1.82, 2.24) is 19.6 Å². The fourth-order valence-corrected chi connectivity index (χ4v) is 1.97. The summed E-state index contributed by atoms with van der Waals surface area (Å²) in [5, 5.41) is 6.82. The van der Waals surface area contributed by atoms with E-state index in [1.165, 1.54) is 10.7 Å². The van der Waals surface area contributed by atoms with Gasteiger partial charge in [-0.25, -0.2) is 4.68 Å². The Morgan fingerprint density at radius 1 is 1.37 bits per heavy atom. The highest BCUT2D eigenvalue weighted by Gasteiger charge is 2.19. The monoisotopic (exact) mass is 265 g/mol. The van der Waals surface area contributed by atoms with Crippen LogP contribution in [0.25, 0.3) is 0 Å². The molecule has 1 aromatic heterocycles. The lowest BCUT2D eigenvalue weighted by atomic mass is 10.3. The van der Waals surface area contributed by atoms with E-state index in [-0.39, 0.29) is 18.0 Å². The van der Waals surface area contributed by atoms with Gasteiger partial charge in [0.15, 0.2) is 0 Å². The summed E-state index contributed by atoms with van der Waals surface area (Å²) in [6.45, 7) is 3.16. The Morgan fingerprint density at radius 3 is 2.63 bits per heavy atom. The van der Waals surface area contributed by atoms with Gasteiger partial charge in [-0.05, 0) is 7.05 Å². The number of carbonyl (C=O) groups is 1. The van der Waals surface area contributed by atoms with Gasteiger partial charge in [-0.2, -0.15) is 5.10 Å². The molecule has 1 saturated heterocycles. The molecule has 0 aromatic carbocycles. The van der Waals surface area contributed by atoms with Crippen molar-refractivity contribution in [1.29, 1.82) is 0 Å². The van der Waals surface area contributed by atoms with Gasteiger partial charge in [0.2, 0.25) is 5.91 Å². The quantitative estimate of drug-likeness (QED) is 0.764. The van der Waals surface area contributed by atoms with Gasteiger partial charge < -0.3 is 15.1 Å². The number of aromatic nitrogens is 2. The van der Waals surface area contributed by atoms with Crippen LogP contribution in [-0.2, 0) is 11.3 Å². The minimum Gasteiger partial charge on any atom is -0.387 e. The summed E-state index contributed by atoms with van der Waals surface area (Å²) in [5.41, 5.74) is 0.377. The first-order valence-corrected chi connectivity index (χ1v) is 6.31. The summed E-state index contributed by atoms with van der Waals surface area (Å²) < 4.78 is 1.20. The number of nitrogens with zero attached hydrogens (tertiary/aromatic N) is 4. The van der Waals surface area contributed by atoms with E-state index in [1.807, 2.05) is 7.05 Å². The van der Waals surface area contributed by atoms with Gasteiger partial charge in [-0.3, -0.25) is 9.59 Å². The van der Waals surface area contributed by atoms with E-state index in [2.05, 4.69) is 15.3 Å². The first-order chi connectivity index (χ1) is 9.10. The number of nitrogens with one attached hydrogen (secondary N) is 1. The average Bonchev–Trinajstić information content (AvgIpc) is 2.41. The zero-order valence-electron chi connectivity index (χ0n) is 11.3. The molecule has 0 aliphatic carbocycles. The zero-order chi connectivity index (χ0) is 13.8. The van der Waals surface area contributed by atoms with E-state index in [0.717, 1.165) is 13.1 Å². The van der Waals surface area contributed by atoms with Crippen LogP contribution in [0, 0.1) is 0 Å². The lowest BCUT2D eigenvalue weighted by Crippen LogP contribution is -2.48. The maximum Gasteiger partial charge on any atom is 0.269 e. The van der Waals surface area contributed by atoms with Gasteiger partial charge in [-0.1, -0.05) is 0 Å². The fraction of sp³-hybridized carbons (Fsp3) is 0.583. The molecule has 1 amide bonds. The van der Waals surface area contributed by atoms with Gasteiger partial charge in [-0.15, -0.1) is 0 Å². The molecule has 0 unspecified atom stereocenters. The second-order valence-corrected chi connectivity index (χ2v) is 4.67. The van der Waals surface area contributed by atoms with Crippen molar-refractivity contribution in [2.45, 2.75) is 6.54 Å². The van der Waals surface area contributed by atoms with Gasteiger partial charge in [0.1, 0.15) is 6.54 Å². The summed E-state index contributed by atoms with van der Waals surface area (Å²) in [4.78, 5) is 27.8. The van der Waals surface area contributed by atoms with Crippen LogP contribution in [0.1, 0.15) is 0 Å².